The van der Waals surface area contributed by atoms with Gasteiger partial charge in [-0.15, -0.1) is 11.8 Å². The van der Waals surface area contributed by atoms with Gasteiger partial charge in [0.15, 0.2) is 0 Å². The molecule has 0 aliphatic carbocycles. The molecule has 104 valence electrons. The van der Waals surface area contributed by atoms with Gasteiger partial charge < -0.3 is 10.4 Å². The molecule has 2 N–H and O–H groups in total. The molecule has 0 saturated heterocycles. The number of thioether (sulfide) groups is 1. The number of carbonyl (C=O) groups is 2. The average Bonchev–Trinajstić information content (AvgIpc) is 2.33. The van der Waals surface area contributed by atoms with Crippen LogP contribution in [-0.4, -0.2) is 28.0 Å². The van der Waals surface area contributed by atoms with Gasteiger partial charge in [-0.3, -0.25) is 9.59 Å². The molecule has 0 saturated carbocycles. The lowest BCUT2D eigenvalue weighted by atomic mass is 10.2. The summed E-state index contributed by atoms with van der Waals surface area (Å²) in [6.07, 6.45) is 0.493. The fourth-order valence-electron chi connectivity index (χ4n) is 1.49. The Morgan fingerprint density at radius 2 is 2.16 bits per heavy atom. The normalized spacial score (nSPS) is 11.9. The van der Waals surface area contributed by atoms with E-state index < -0.39 is 11.2 Å². The van der Waals surface area contributed by atoms with Gasteiger partial charge in [-0.1, -0.05) is 18.5 Å². The van der Waals surface area contributed by atoms with E-state index in [2.05, 4.69) is 5.32 Å². The molecule has 0 aliphatic heterocycles. The highest BCUT2D eigenvalue weighted by atomic mass is 35.5. The summed E-state index contributed by atoms with van der Waals surface area (Å²) in [7, 11) is 0. The molecule has 0 fully saturated rings. The van der Waals surface area contributed by atoms with E-state index in [9.17, 15) is 9.59 Å². The number of nitrogens with one attached hydrogen (secondary N) is 1. The highest BCUT2D eigenvalue weighted by molar-refractivity contribution is 8.01. The monoisotopic (exact) mass is 301 g/mol. The first-order valence-corrected chi connectivity index (χ1v) is 7.27. The van der Waals surface area contributed by atoms with Crippen molar-refractivity contribution in [3.63, 3.8) is 0 Å². The van der Waals surface area contributed by atoms with Crippen LogP contribution >= 0.6 is 23.4 Å². The molecule has 1 rings (SSSR count). The van der Waals surface area contributed by atoms with Crippen molar-refractivity contribution in [2.75, 3.05) is 11.1 Å². The number of carbonyl (C=O) groups excluding carboxylic acids is 1. The summed E-state index contributed by atoms with van der Waals surface area (Å²) in [4.78, 5) is 22.6. The number of aliphatic carboxylic acids is 1. The van der Waals surface area contributed by atoms with E-state index in [4.69, 9.17) is 16.7 Å². The predicted molar refractivity (Wildman–Crippen MR) is 79.0 cm³/mol. The first-order chi connectivity index (χ1) is 8.93. The molecular weight excluding hydrogens is 286 g/mol. The summed E-state index contributed by atoms with van der Waals surface area (Å²) >= 11 is 6.96. The highest BCUT2D eigenvalue weighted by Gasteiger charge is 2.17. The van der Waals surface area contributed by atoms with Gasteiger partial charge in [0.05, 0.1) is 5.75 Å². The Hall–Kier alpha value is -1.20. The van der Waals surface area contributed by atoms with Gasteiger partial charge in [0.2, 0.25) is 5.91 Å². The van der Waals surface area contributed by atoms with Crippen LogP contribution in [0.5, 0.6) is 0 Å². The molecule has 6 heteroatoms. The maximum Gasteiger partial charge on any atom is 0.316 e. The van der Waals surface area contributed by atoms with E-state index in [-0.39, 0.29) is 11.7 Å². The van der Waals surface area contributed by atoms with Crippen LogP contribution in [0.15, 0.2) is 18.2 Å². The Morgan fingerprint density at radius 3 is 2.68 bits per heavy atom. The van der Waals surface area contributed by atoms with E-state index in [1.54, 1.807) is 25.1 Å². The number of halogens is 1. The Bertz CT molecular complexity index is 479. The predicted octanol–water partition coefficient (Wildman–Crippen LogP) is 3.18. The second kappa shape index (κ2) is 7.40. The lowest BCUT2D eigenvalue weighted by Crippen LogP contribution is -2.21. The standard InChI is InChI=1S/C13H16ClNO3S/c1-3-11(13(17)18)19-7-12(16)15-10-5-4-9(14)6-8(10)2/h4-6,11H,3,7H2,1-2H3,(H,15,16)(H,17,18). The Balaban J connectivity index is 2.53. The van der Waals surface area contributed by atoms with Gasteiger partial charge in [0.25, 0.3) is 0 Å². The number of amides is 1. The molecule has 1 amide bonds. The maximum atomic E-state index is 11.7. The zero-order valence-corrected chi connectivity index (χ0v) is 12.3. The minimum atomic E-state index is -0.886. The van der Waals surface area contributed by atoms with Crippen molar-refractivity contribution in [3.05, 3.63) is 28.8 Å². The van der Waals surface area contributed by atoms with E-state index in [1.807, 2.05) is 6.92 Å². The molecule has 19 heavy (non-hydrogen) atoms. The maximum absolute atomic E-state index is 11.7. The third-order valence-electron chi connectivity index (χ3n) is 2.52. The Kier molecular flexibility index (Phi) is 6.18. The molecule has 0 radical (unpaired) electrons. The zero-order chi connectivity index (χ0) is 14.4. The summed E-state index contributed by atoms with van der Waals surface area (Å²) in [5.74, 6) is -0.981. The second-order valence-corrected chi connectivity index (χ2v) is 5.68. The molecule has 0 spiro atoms. The van der Waals surface area contributed by atoms with Crippen LogP contribution in [0.4, 0.5) is 5.69 Å². The van der Waals surface area contributed by atoms with E-state index in [1.165, 1.54) is 0 Å². The van der Waals surface area contributed by atoms with Crippen LogP contribution in [-0.2, 0) is 9.59 Å². The number of aryl methyl sites for hydroxylation is 1. The van der Waals surface area contributed by atoms with Crippen molar-refractivity contribution in [1.29, 1.82) is 0 Å². The largest absolute Gasteiger partial charge is 0.480 e. The molecule has 0 heterocycles. The summed E-state index contributed by atoms with van der Waals surface area (Å²) in [6.45, 7) is 3.63. The van der Waals surface area contributed by atoms with Crippen molar-refractivity contribution >= 4 is 40.9 Å². The molecule has 1 atom stereocenters. The van der Waals surface area contributed by atoms with E-state index in [0.717, 1.165) is 17.3 Å². The Morgan fingerprint density at radius 1 is 1.47 bits per heavy atom. The van der Waals surface area contributed by atoms with Gasteiger partial charge >= 0.3 is 5.97 Å². The SMILES string of the molecule is CCC(SCC(=O)Nc1ccc(Cl)cc1C)C(=O)O. The van der Waals surface area contributed by atoms with Gasteiger partial charge in [0, 0.05) is 10.7 Å². The van der Waals surface area contributed by atoms with Crippen LogP contribution in [0.3, 0.4) is 0 Å². The lowest BCUT2D eigenvalue weighted by Gasteiger charge is -2.11. The number of benzene rings is 1. The van der Waals surface area contributed by atoms with Crippen molar-refractivity contribution in [2.24, 2.45) is 0 Å². The Labute approximate surface area is 121 Å². The number of carboxylic acid groups (broad SMARTS) is 1. The molecule has 0 bridgehead atoms. The minimum Gasteiger partial charge on any atom is -0.480 e. The summed E-state index contributed by atoms with van der Waals surface area (Å²) in [5, 5.41) is 11.7. The number of hydrogen-bond donors (Lipinski definition) is 2. The molecule has 1 unspecified atom stereocenters. The van der Waals surface area contributed by atoms with Gasteiger partial charge in [-0.25, -0.2) is 0 Å². The first kappa shape index (κ1) is 15.9. The van der Waals surface area contributed by atoms with Crippen molar-refractivity contribution in [1.82, 2.24) is 0 Å². The third-order valence-corrected chi connectivity index (χ3v) is 4.13. The number of hydrogen-bond acceptors (Lipinski definition) is 3. The highest BCUT2D eigenvalue weighted by Crippen LogP contribution is 2.20. The smallest absolute Gasteiger partial charge is 0.316 e. The van der Waals surface area contributed by atoms with Crippen molar-refractivity contribution < 1.29 is 14.7 Å². The molecular formula is C13H16ClNO3S. The molecule has 1 aromatic carbocycles. The van der Waals surface area contributed by atoms with Crippen LogP contribution in [0.1, 0.15) is 18.9 Å². The van der Waals surface area contributed by atoms with Crippen LogP contribution in [0, 0.1) is 6.92 Å². The number of carboxylic acids is 1. The van der Waals surface area contributed by atoms with Gasteiger partial charge in [-0.2, -0.15) is 0 Å². The molecule has 4 nitrogen and oxygen atoms in total. The zero-order valence-electron chi connectivity index (χ0n) is 10.8. The quantitative estimate of drug-likeness (QED) is 0.847. The van der Waals surface area contributed by atoms with E-state index >= 15 is 0 Å². The average molecular weight is 302 g/mol. The van der Waals surface area contributed by atoms with Crippen molar-refractivity contribution in [2.45, 2.75) is 25.5 Å². The fraction of sp³-hybridized carbons (Fsp3) is 0.385. The molecule has 0 aromatic heterocycles. The summed E-state index contributed by atoms with van der Waals surface area (Å²) in [6, 6.07) is 5.19. The lowest BCUT2D eigenvalue weighted by molar-refractivity contribution is -0.136. The summed E-state index contributed by atoms with van der Waals surface area (Å²) < 4.78 is 0. The van der Waals surface area contributed by atoms with Crippen LogP contribution < -0.4 is 5.32 Å². The number of rotatable bonds is 6. The minimum absolute atomic E-state index is 0.118. The third kappa shape index (κ3) is 5.12. The topological polar surface area (TPSA) is 66.4 Å². The summed E-state index contributed by atoms with van der Waals surface area (Å²) in [5.41, 5.74) is 1.56. The van der Waals surface area contributed by atoms with Crippen LogP contribution in [0.25, 0.3) is 0 Å². The number of anilines is 1. The fourth-order valence-corrected chi connectivity index (χ4v) is 2.52. The van der Waals surface area contributed by atoms with Gasteiger partial charge in [0.1, 0.15) is 5.25 Å². The van der Waals surface area contributed by atoms with Gasteiger partial charge in [-0.05, 0) is 37.1 Å². The van der Waals surface area contributed by atoms with Crippen molar-refractivity contribution in [3.8, 4) is 0 Å². The van der Waals surface area contributed by atoms with E-state index in [0.29, 0.717) is 17.1 Å². The first-order valence-electron chi connectivity index (χ1n) is 5.84. The molecule has 1 aromatic rings. The van der Waals surface area contributed by atoms with Crippen LogP contribution in [0.2, 0.25) is 5.02 Å². The second-order valence-electron chi connectivity index (χ2n) is 4.05. The molecule has 0 aliphatic rings.